The predicted octanol–water partition coefficient (Wildman–Crippen LogP) is -0.850. The number of hydrogen-bond donors (Lipinski definition) is 3. The predicted molar refractivity (Wildman–Crippen MR) is 93.2 cm³/mol. The highest BCUT2D eigenvalue weighted by molar-refractivity contribution is 5.27. The first kappa shape index (κ1) is 18.7. The van der Waals surface area contributed by atoms with Crippen LogP contribution in [0.3, 0.4) is 0 Å². The van der Waals surface area contributed by atoms with E-state index in [1.807, 2.05) is 4.90 Å². The molecule has 2 aromatic rings. The molecule has 0 unspecified atom stereocenters. The summed E-state index contributed by atoms with van der Waals surface area (Å²) in [6.45, 7) is 1.01. The molecule has 4 heterocycles. The molecule has 0 aromatic carbocycles. The van der Waals surface area contributed by atoms with Crippen LogP contribution in [-0.4, -0.2) is 60.7 Å². The fourth-order valence-corrected chi connectivity index (χ4v) is 3.52. The Labute approximate surface area is 157 Å². The molecule has 3 atom stereocenters. The number of rotatable bonds is 3. The molecule has 0 bridgehead atoms. The number of aromatic nitrogens is 4. The van der Waals surface area contributed by atoms with E-state index in [0.29, 0.717) is 24.1 Å². The highest BCUT2D eigenvalue weighted by Crippen LogP contribution is 2.42. The first-order chi connectivity index (χ1) is 13.3. The minimum absolute atomic E-state index is 0.0498. The van der Waals surface area contributed by atoms with Crippen LogP contribution in [0, 0.1) is 0 Å². The van der Waals surface area contributed by atoms with Crippen molar-refractivity contribution in [3.63, 3.8) is 0 Å². The van der Waals surface area contributed by atoms with Crippen molar-refractivity contribution >= 4 is 11.8 Å². The average Bonchev–Trinajstić information content (AvgIpc) is 2.85. The lowest BCUT2D eigenvalue weighted by Crippen LogP contribution is -2.44. The van der Waals surface area contributed by atoms with Crippen molar-refractivity contribution in [1.29, 1.82) is 0 Å². The van der Waals surface area contributed by atoms with Crippen molar-refractivity contribution in [3.8, 4) is 0 Å². The number of fused-ring (bicyclic) bond motifs is 1. The number of halogens is 2. The fraction of sp³-hybridized carbons (Fsp3) is 0.500. The van der Waals surface area contributed by atoms with E-state index in [1.54, 1.807) is 6.20 Å². The molecule has 1 saturated heterocycles. The summed E-state index contributed by atoms with van der Waals surface area (Å²) in [6.07, 6.45) is -1.98. The van der Waals surface area contributed by atoms with Crippen LogP contribution >= 0.6 is 0 Å². The summed E-state index contributed by atoms with van der Waals surface area (Å²) in [5.41, 5.74) is 11.7. The summed E-state index contributed by atoms with van der Waals surface area (Å²) in [6, 6.07) is 1.22. The van der Waals surface area contributed by atoms with Crippen molar-refractivity contribution in [2.45, 2.75) is 37.3 Å². The van der Waals surface area contributed by atoms with Crippen molar-refractivity contribution in [2.24, 2.45) is 0 Å². The summed E-state index contributed by atoms with van der Waals surface area (Å²) in [7, 11) is 0. The molecule has 2 aliphatic heterocycles. The van der Waals surface area contributed by atoms with Crippen LogP contribution < -0.4 is 17.2 Å². The van der Waals surface area contributed by atoms with Gasteiger partial charge >= 0.3 is 11.6 Å². The van der Waals surface area contributed by atoms with Gasteiger partial charge in [-0.2, -0.15) is 13.8 Å². The number of nitrogens with two attached hydrogens (primary N) is 2. The number of hydrogen-bond acceptors (Lipinski definition) is 9. The van der Waals surface area contributed by atoms with Gasteiger partial charge in [-0.05, 0) is 6.07 Å². The van der Waals surface area contributed by atoms with Crippen molar-refractivity contribution in [1.82, 2.24) is 24.4 Å². The van der Waals surface area contributed by atoms with Gasteiger partial charge in [0.2, 0.25) is 12.2 Å². The molecule has 2 aromatic heterocycles. The highest BCUT2D eigenvalue weighted by Gasteiger charge is 2.59. The van der Waals surface area contributed by atoms with Gasteiger partial charge in [0.05, 0.1) is 5.69 Å². The number of anilines is 2. The zero-order valence-corrected chi connectivity index (χ0v) is 14.7. The van der Waals surface area contributed by atoms with Crippen LogP contribution in [0.5, 0.6) is 0 Å². The zero-order chi connectivity index (χ0) is 20.1. The number of nitrogen functional groups attached to an aromatic ring is 2. The second-order valence-electron chi connectivity index (χ2n) is 6.87. The number of ether oxygens (including phenoxy) is 1. The van der Waals surface area contributed by atoms with Crippen molar-refractivity contribution in [3.05, 3.63) is 40.2 Å². The first-order valence-corrected chi connectivity index (χ1v) is 8.64. The lowest BCUT2D eigenvalue weighted by atomic mass is 10.0. The van der Waals surface area contributed by atoms with Gasteiger partial charge in [-0.3, -0.25) is 9.47 Å². The van der Waals surface area contributed by atoms with Gasteiger partial charge in [-0.1, -0.05) is 0 Å². The van der Waals surface area contributed by atoms with E-state index in [4.69, 9.17) is 16.2 Å². The summed E-state index contributed by atoms with van der Waals surface area (Å²) >= 11 is 0. The van der Waals surface area contributed by atoms with E-state index in [0.717, 1.165) is 17.5 Å². The Hall–Kier alpha value is -2.70. The molecular weight excluding hydrogens is 376 g/mol. The second-order valence-corrected chi connectivity index (χ2v) is 6.87. The van der Waals surface area contributed by atoms with E-state index in [-0.39, 0.29) is 18.3 Å². The molecule has 12 heteroatoms. The molecule has 4 rings (SSSR count). The minimum atomic E-state index is -3.67. The molecule has 5 N–H and O–H groups in total. The van der Waals surface area contributed by atoms with Crippen LogP contribution in [-0.2, 0) is 17.7 Å². The molecule has 1 fully saturated rings. The molecule has 28 heavy (non-hydrogen) atoms. The number of nitrogens with zero attached hydrogens (tertiary/aromatic N) is 5. The van der Waals surface area contributed by atoms with E-state index >= 15 is 0 Å². The van der Waals surface area contributed by atoms with Gasteiger partial charge in [0.1, 0.15) is 18.0 Å². The monoisotopic (exact) mass is 395 g/mol. The quantitative estimate of drug-likeness (QED) is 0.605. The normalized spacial score (nSPS) is 26.9. The largest absolute Gasteiger partial charge is 0.384 e. The zero-order valence-electron chi connectivity index (χ0n) is 14.7. The van der Waals surface area contributed by atoms with Crippen LogP contribution in [0.4, 0.5) is 20.5 Å². The molecular formula is C16H19F2N7O3. The molecule has 150 valence electrons. The summed E-state index contributed by atoms with van der Waals surface area (Å²) in [4.78, 5) is 25.3. The molecule has 2 aliphatic rings. The number of aliphatic hydroxyl groups excluding tert-OH is 1. The van der Waals surface area contributed by atoms with Gasteiger partial charge in [-0.25, -0.2) is 14.8 Å². The number of aliphatic hydroxyl groups is 1. The lowest BCUT2D eigenvalue weighted by molar-refractivity contribution is -0.140. The van der Waals surface area contributed by atoms with Gasteiger partial charge < -0.3 is 21.3 Å². The molecule has 10 nitrogen and oxygen atoms in total. The molecule has 0 aliphatic carbocycles. The number of alkyl halides is 2. The SMILES string of the molecule is Nc1ccn([C@@H]2O[C@H](CN3CCc4nc(N)ncc4C3)[C@@H](O)C2(F)F)c(=O)n1. The van der Waals surface area contributed by atoms with Crippen LogP contribution in [0.15, 0.2) is 23.3 Å². The summed E-state index contributed by atoms with van der Waals surface area (Å²) in [5, 5.41) is 10.2. The average molecular weight is 395 g/mol. The maximum Gasteiger partial charge on any atom is 0.351 e. The van der Waals surface area contributed by atoms with E-state index in [1.165, 1.54) is 6.07 Å². The maximum absolute atomic E-state index is 14.6. The third-order valence-corrected chi connectivity index (χ3v) is 4.95. The Morgan fingerprint density at radius 1 is 1.36 bits per heavy atom. The van der Waals surface area contributed by atoms with Crippen molar-refractivity contribution in [2.75, 3.05) is 24.6 Å². The standard InChI is InChI=1S/C16H19F2N7O3/c17-16(18)12(26)10(28-13(16)25-4-2-11(19)23-15(25)27)7-24-3-1-9-8(6-24)5-21-14(20)22-9/h2,4-5,10,12-13,26H,1,3,6-7H2,(H2,19,23,27)(H2,20,21,22)/t10-,12-,13-/m1/s1. The molecule has 0 spiro atoms. The Kier molecular flexibility index (Phi) is 4.48. The van der Waals surface area contributed by atoms with Crippen LogP contribution in [0.25, 0.3) is 0 Å². The first-order valence-electron chi connectivity index (χ1n) is 8.64. The Bertz CT molecular complexity index is 954. The third kappa shape index (κ3) is 3.19. The van der Waals surface area contributed by atoms with E-state index in [2.05, 4.69) is 15.0 Å². The van der Waals surface area contributed by atoms with E-state index < -0.39 is 30.0 Å². The molecule has 0 saturated carbocycles. The van der Waals surface area contributed by atoms with Gasteiger partial charge in [0.15, 0.2) is 0 Å². The Morgan fingerprint density at radius 3 is 2.89 bits per heavy atom. The molecule has 0 radical (unpaired) electrons. The minimum Gasteiger partial charge on any atom is -0.384 e. The summed E-state index contributed by atoms with van der Waals surface area (Å²) in [5.74, 6) is -3.57. The Morgan fingerprint density at radius 2 is 2.14 bits per heavy atom. The Balaban J connectivity index is 1.52. The fourth-order valence-electron chi connectivity index (χ4n) is 3.52. The second kappa shape index (κ2) is 6.72. The summed E-state index contributed by atoms with van der Waals surface area (Å²) < 4.78 is 35.3. The lowest BCUT2D eigenvalue weighted by Gasteiger charge is -2.30. The molecule has 0 amide bonds. The third-order valence-electron chi connectivity index (χ3n) is 4.95. The maximum atomic E-state index is 14.6. The highest BCUT2D eigenvalue weighted by atomic mass is 19.3. The topological polar surface area (TPSA) is 145 Å². The van der Waals surface area contributed by atoms with Crippen LogP contribution in [0.1, 0.15) is 17.5 Å². The van der Waals surface area contributed by atoms with Gasteiger partial charge in [0, 0.05) is 44.0 Å². The van der Waals surface area contributed by atoms with Gasteiger partial charge in [-0.15, -0.1) is 0 Å². The van der Waals surface area contributed by atoms with Gasteiger partial charge in [0.25, 0.3) is 0 Å². The smallest absolute Gasteiger partial charge is 0.351 e. The van der Waals surface area contributed by atoms with E-state index in [9.17, 15) is 18.7 Å². The van der Waals surface area contributed by atoms with Crippen molar-refractivity contribution < 1.29 is 18.6 Å². The van der Waals surface area contributed by atoms with Crippen LogP contribution in [0.2, 0.25) is 0 Å².